The van der Waals surface area contributed by atoms with E-state index in [-0.39, 0.29) is 29.8 Å². The van der Waals surface area contributed by atoms with Crippen molar-refractivity contribution in [3.8, 4) is 0 Å². The van der Waals surface area contributed by atoms with E-state index in [1.807, 2.05) is 24.0 Å². The molecule has 1 aromatic carbocycles. The van der Waals surface area contributed by atoms with E-state index < -0.39 is 0 Å². The summed E-state index contributed by atoms with van der Waals surface area (Å²) in [6, 6.07) is 4.86. The first-order valence-corrected chi connectivity index (χ1v) is 9.33. The number of aliphatic imine (C=N–C) groups is 1. The third kappa shape index (κ3) is 6.51. The Kier molecular flexibility index (Phi) is 10.2. The van der Waals surface area contributed by atoms with Crippen molar-refractivity contribution >= 4 is 52.6 Å². The predicted octanol–water partition coefficient (Wildman–Crippen LogP) is 3.78. The van der Waals surface area contributed by atoms with Crippen LogP contribution in [0.15, 0.2) is 29.4 Å². The fraction of sp³-hybridized carbons (Fsp3) is 0.471. The van der Waals surface area contributed by atoms with Crippen LogP contribution >= 0.6 is 35.7 Å². The third-order valence-electron chi connectivity index (χ3n) is 3.71. The molecule has 0 amide bonds. The molecule has 3 N–H and O–H groups in total. The molecule has 2 aromatic rings. The molecule has 7 heteroatoms. The van der Waals surface area contributed by atoms with Gasteiger partial charge in [-0.25, -0.2) is 4.39 Å². The quantitative estimate of drug-likeness (QED) is 0.241. The molecular formula is C17H26FIN4S. The fourth-order valence-electron chi connectivity index (χ4n) is 2.48. The number of hydrogen-bond acceptors (Lipinski definition) is 2. The molecule has 24 heavy (non-hydrogen) atoms. The number of nitrogens with zero attached hydrogens (tertiary/aromatic N) is 1. The summed E-state index contributed by atoms with van der Waals surface area (Å²) in [6.07, 6.45) is 7.31. The van der Waals surface area contributed by atoms with Crippen molar-refractivity contribution in [1.29, 1.82) is 0 Å². The van der Waals surface area contributed by atoms with Gasteiger partial charge in [-0.05, 0) is 55.0 Å². The highest BCUT2D eigenvalue weighted by Gasteiger charge is 2.05. The summed E-state index contributed by atoms with van der Waals surface area (Å²) in [6.45, 7) is 1.72. The maximum absolute atomic E-state index is 13.2. The Hall–Kier alpha value is -0.960. The zero-order chi connectivity index (χ0) is 16.5. The number of fused-ring (bicyclic) bond motifs is 1. The molecule has 0 unspecified atom stereocenters. The van der Waals surface area contributed by atoms with Crippen LogP contribution in [0.4, 0.5) is 4.39 Å². The number of H-pyrrole nitrogens is 1. The zero-order valence-corrected chi connectivity index (χ0v) is 17.3. The average Bonchev–Trinajstić information content (AvgIpc) is 2.95. The molecule has 0 saturated heterocycles. The molecule has 0 spiro atoms. The van der Waals surface area contributed by atoms with Crippen LogP contribution in [0, 0.1) is 5.82 Å². The Bertz CT molecular complexity index is 645. The summed E-state index contributed by atoms with van der Waals surface area (Å²) < 4.78 is 13.2. The predicted molar refractivity (Wildman–Crippen MR) is 114 cm³/mol. The van der Waals surface area contributed by atoms with Crippen LogP contribution in [0.2, 0.25) is 0 Å². The standard InChI is InChI=1S/C17H25FN4S.HI/c1-19-17(20-8-3-4-10-23-2)21-9-7-13-12-22-16-11-14(18)5-6-15(13)16;/h5-6,11-12,22H,3-4,7-10H2,1-2H3,(H2,19,20,21);1H. The van der Waals surface area contributed by atoms with E-state index in [4.69, 9.17) is 0 Å². The molecule has 0 bridgehead atoms. The van der Waals surface area contributed by atoms with E-state index >= 15 is 0 Å². The SMILES string of the molecule is CN=C(NCCCCSC)NCCc1c[nH]c2cc(F)ccc12.I. The van der Waals surface area contributed by atoms with Crippen molar-refractivity contribution < 1.29 is 4.39 Å². The number of rotatable bonds is 8. The van der Waals surface area contributed by atoms with Gasteiger partial charge in [0.05, 0.1) is 0 Å². The van der Waals surface area contributed by atoms with Gasteiger partial charge in [0.2, 0.25) is 0 Å². The second-order valence-electron chi connectivity index (χ2n) is 5.38. The average molecular weight is 464 g/mol. The Balaban J connectivity index is 0.00000288. The lowest BCUT2D eigenvalue weighted by molar-refractivity contribution is 0.629. The first kappa shape index (κ1) is 21.1. The molecule has 1 aromatic heterocycles. The van der Waals surface area contributed by atoms with Crippen molar-refractivity contribution in [1.82, 2.24) is 15.6 Å². The number of halogens is 2. The highest BCUT2D eigenvalue weighted by Crippen LogP contribution is 2.19. The minimum atomic E-state index is -0.213. The number of benzene rings is 1. The molecule has 134 valence electrons. The van der Waals surface area contributed by atoms with Crippen molar-refractivity contribution in [2.45, 2.75) is 19.3 Å². The van der Waals surface area contributed by atoms with Gasteiger partial charge in [-0.3, -0.25) is 4.99 Å². The van der Waals surface area contributed by atoms with Gasteiger partial charge in [0.1, 0.15) is 5.82 Å². The summed E-state index contributed by atoms with van der Waals surface area (Å²) in [7, 11) is 1.78. The molecule has 0 radical (unpaired) electrons. The Morgan fingerprint density at radius 1 is 1.25 bits per heavy atom. The van der Waals surface area contributed by atoms with Crippen LogP contribution in [-0.2, 0) is 6.42 Å². The molecule has 0 atom stereocenters. The van der Waals surface area contributed by atoms with E-state index in [2.05, 4.69) is 26.9 Å². The first-order valence-electron chi connectivity index (χ1n) is 7.93. The number of aromatic amines is 1. The Morgan fingerprint density at radius 2 is 2.04 bits per heavy atom. The van der Waals surface area contributed by atoms with Gasteiger partial charge in [0.25, 0.3) is 0 Å². The lowest BCUT2D eigenvalue weighted by Crippen LogP contribution is -2.38. The van der Waals surface area contributed by atoms with Gasteiger partial charge < -0.3 is 15.6 Å². The number of unbranched alkanes of at least 4 members (excludes halogenated alkanes) is 1. The van der Waals surface area contributed by atoms with Crippen LogP contribution < -0.4 is 10.6 Å². The minimum absolute atomic E-state index is 0. The highest BCUT2D eigenvalue weighted by atomic mass is 127. The van der Waals surface area contributed by atoms with E-state index in [0.29, 0.717) is 0 Å². The number of thioether (sulfide) groups is 1. The van der Waals surface area contributed by atoms with Gasteiger partial charge in [-0.2, -0.15) is 11.8 Å². The highest BCUT2D eigenvalue weighted by molar-refractivity contribution is 14.0. The molecule has 0 aliphatic heterocycles. The largest absolute Gasteiger partial charge is 0.361 e. The van der Waals surface area contributed by atoms with E-state index in [9.17, 15) is 4.39 Å². The smallest absolute Gasteiger partial charge is 0.190 e. The van der Waals surface area contributed by atoms with Gasteiger partial charge >= 0.3 is 0 Å². The van der Waals surface area contributed by atoms with Crippen LogP contribution in [0.1, 0.15) is 18.4 Å². The van der Waals surface area contributed by atoms with E-state index in [1.165, 1.54) is 29.9 Å². The summed E-state index contributed by atoms with van der Waals surface area (Å²) in [5, 5.41) is 7.72. The van der Waals surface area contributed by atoms with Crippen molar-refractivity contribution in [3.05, 3.63) is 35.8 Å². The molecule has 4 nitrogen and oxygen atoms in total. The van der Waals surface area contributed by atoms with Gasteiger partial charge in [0.15, 0.2) is 5.96 Å². The molecule has 0 fully saturated rings. The van der Waals surface area contributed by atoms with Crippen molar-refractivity contribution in [3.63, 3.8) is 0 Å². The number of hydrogen-bond donors (Lipinski definition) is 3. The maximum Gasteiger partial charge on any atom is 0.190 e. The van der Waals surface area contributed by atoms with Crippen molar-refractivity contribution in [2.24, 2.45) is 4.99 Å². The van der Waals surface area contributed by atoms with Gasteiger partial charge in [0, 0.05) is 37.2 Å². The monoisotopic (exact) mass is 464 g/mol. The minimum Gasteiger partial charge on any atom is -0.361 e. The normalized spacial score (nSPS) is 11.4. The van der Waals surface area contributed by atoms with Crippen LogP contribution in [-0.4, -0.2) is 43.1 Å². The fourth-order valence-corrected chi connectivity index (χ4v) is 2.97. The molecule has 1 heterocycles. The second kappa shape index (κ2) is 11.6. The van der Waals surface area contributed by atoms with E-state index in [1.54, 1.807) is 7.05 Å². The second-order valence-corrected chi connectivity index (χ2v) is 6.37. The molecule has 2 rings (SSSR count). The third-order valence-corrected chi connectivity index (χ3v) is 4.40. The summed E-state index contributed by atoms with van der Waals surface area (Å²) >= 11 is 1.88. The van der Waals surface area contributed by atoms with Gasteiger partial charge in [-0.15, -0.1) is 24.0 Å². The molecular weight excluding hydrogens is 438 g/mol. The maximum atomic E-state index is 13.2. The molecule has 0 aliphatic rings. The summed E-state index contributed by atoms with van der Waals surface area (Å²) in [5.74, 6) is 1.82. The number of aromatic nitrogens is 1. The molecule has 0 saturated carbocycles. The zero-order valence-electron chi connectivity index (χ0n) is 14.2. The van der Waals surface area contributed by atoms with Crippen LogP contribution in [0.25, 0.3) is 10.9 Å². The van der Waals surface area contributed by atoms with Crippen LogP contribution in [0.3, 0.4) is 0 Å². The van der Waals surface area contributed by atoms with Gasteiger partial charge in [-0.1, -0.05) is 0 Å². The number of guanidine groups is 1. The summed E-state index contributed by atoms with van der Waals surface area (Å²) in [5.41, 5.74) is 2.03. The summed E-state index contributed by atoms with van der Waals surface area (Å²) in [4.78, 5) is 7.35. The van der Waals surface area contributed by atoms with Crippen LogP contribution in [0.5, 0.6) is 0 Å². The topological polar surface area (TPSA) is 52.2 Å². The lowest BCUT2D eigenvalue weighted by atomic mass is 10.1. The Morgan fingerprint density at radius 3 is 2.79 bits per heavy atom. The van der Waals surface area contributed by atoms with Crippen molar-refractivity contribution in [2.75, 3.05) is 32.1 Å². The first-order chi connectivity index (χ1) is 11.2. The molecule has 0 aliphatic carbocycles. The van der Waals surface area contributed by atoms with E-state index in [0.717, 1.165) is 42.8 Å². The number of nitrogens with one attached hydrogen (secondary N) is 3. The lowest BCUT2D eigenvalue weighted by Gasteiger charge is -2.11. The Labute approximate surface area is 164 Å².